The SMILES string of the molecule is Cc1nn(C)cc1C#Cc1cnc(O[C@H]2C[C@@H](C(=O)O)N(C(=O)OC(C)(C)C)C2)c(N2CCOC3(COC3)[C@@H]2C)c1. The molecule has 5 heterocycles. The number of amides is 1. The molecule has 2 aromatic heterocycles. The summed E-state index contributed by atoms with van der Waals surface area (Å²) in [7, 11) is 1.85. The fourth-order valence-electron chi connectivity index (χ4n) is 5.37. The molecule has 0 saturated carbocycles. The summed E-state index contributed by atoms with van der Waals surface area (Å²) >= 11 is 0. The second kappa shape index (κ2) is 10.9. The van der Waals surface area contributed by atoms with Crippen LogP contribution in [0.5, 0.6) is 5.88 Å². The topological polar surface area (TPSA) is 128 Å². The summed E-state index contributed by atoms with van der Waals surface area (Å²) in [6, 6.07) is 0.834. The molecule has 2 aromatic rings. The van der Waals surface area contributed by atoms with Crippen LogP contribution >= 0.6 is 0 Å². The molecule has 1 spiro atoms. The average molecular weight is 568 g/mol. The van der Waals surface area contributed by atoms with Gasteiger partial charge in [-0.15, -0.1) is 0 Å². The van der Waals surface area contributed by atoms with E-state index in [4.69, 9.17) is 18.9 Å². The lowest BCUT2D eigenvalue weighted by molar-refractivity contribution is -0.228. The monoisotopic (exact) mass is 567 g/mol. The quantitative estimate of drug-likeness (QED) is 0.550. The predicted molar refractivity (Wildman–Crippen MR) is 148 cm³/mol. The van der Waals surface area contributed by atoms with Gasteiger partial charge in [0.2, 0.25) is 5.88 Å². The summed E-state index contributed by atoms with van der Waals surface area (Å²) in [5.41, 5.74) is 1.91. The molecule has 3 aliphatic heterocycles. The number of carbonyl (C=O) groups excluding carboxylic acids is 1. The highest BCUT2D eigenvalue weighted by atomic mass is 16.6. The van der Waals surface area contributed by atoms with E-state index in [1.807, 2.05) is 26.2 Å². The number of aliphatic carboxylic acids is 1. The maximum absolute atomic E-state index is 12.8. The molecule has 0 radical (unpaired) electrons. The number of morpholine rings is 1. The minimum atomic E-state index is -1.11. The Morgan fingerprint density at radius 1 is 1.24 bits per heavy atom. The van der Waals surface area contributed by atoms with Gasteiger partial charge in [0.05, 0.1) is 43.7 Å². The lowest BCUT2D eigenvalue weighted by atomic mass is 9.90. The van der Waals surface area contributed by atoms with Gasteiger partial charge in [-0.05, 0) is 40.7 Å². The largest absolute Gasteiger partial charge is 0.480 e. The Balaban J connectivity index is 1.44. The van der Waals surface area contributed by atoms with Gasteiger partial charge in [-0.1, -0.05) is 11.8 Å². The first-order valence-corrected chi connectivity index (χ1v) is 13.7. The number of pyridine rings is 1. The first-order valence-electron chi connectivity index (χ1n) is 13.7. The van der Waals surface area contributed by atoms with Crippen LogP contribution in [-0.2, 0) is 26.1 Å². The van der Waals surface area contributed by atoms with Crippen molar-refractivity contribution in [3.8, 4) is 17.7 Å². The molecule has 12 heteroatoms. The normalized spacial score (nSPS) is 23.5. The minimum absolute atomic E-state index is 0.0356. The number of anilines is 1. The van der Waals surface area contributed by atoms with Gasteiger partial charge in [0.25, 0.3) is 0 Å². The van der Waals surface area contributed by atoms with Crippen molar-refractivity contribution in [1.29, 1.82) is 0 Å². The molecule has 0 bridgehead atoms. The van der Waals surface area contributed by atoms with Gasteiger partial charge < -0.3 is 29.0 Å². The van der Waals surface area contributed by atoms with E-state index in [2.05, 4.69) is 33.7 Å². The average Bonchev–Trinajstić information content (AvgIpc) is 3.44. The van der Waals surface area contributed by atoms with E-state index in [9.17, 15) is 14.7 Å². The zero-order valence-electron chi connectivity index (χ0n) is 24.3. The predicted octanol–water partition coefficient (Wildman–Crippen LogP) is 2.36. The van der Waals surface area contributed by atoms with Crippen molar-refractivity contribution >= 4 is 17.7 Å². The highest BCUT2D eigenvalue weighted by Crippen LogP contribution is 2.39. The van der Waals surface area contributed by atoms with Gasteiger partial charge in [0.15, 0.2) is 0 Å². The fraction of sp³-hybridized carbons (Fsp3) is 0.586. The van der Waals surface area contributed by atoms with Crippen molar-refractivity contribution < 1.29 is 33.6 Å². The molecule has 3 fully saturated rings. The van der Waals surface area contributed by atoms with E-state index < -0.39 is 35.4 Å². The molecular weight excluding hydrogens is 530 g/mol. The number of carboxylic acids is 1. The summed E-state index contributed by atoms with van der Waals surface area (Å²) in [6.07, 6.45) is 2.33. The standard InChI is InChI=1S/C29H37N5O7/c1-18-21(14-32(6)31-18)8-7-20-11-23(33-9-10-39-29(19(33)2)16-38-17-29)25(30-13-20)40-22-12-24(26(35)36)34(15-22)27(37)41-28(3,4)5/h11,13-14,19,22,24H,9-10,12,15-17H2,1-6H3,(H,35,36)/t19-,22-,24-/m0/s1. The Hall–Kier alpha value is -3.82. The van der Waals surface area contributed by atoms with Crippen molar-refractivity contribution in [2.45, 2.75) is 70.4 Å². The van der Waals surface area contributed by atoms with Crippen LogP contribution in [0.25, 0.3) is 0 Å². The van der Waals surface area contributed by atoms with Crippen molar-refractivity contribution in [3.63, 3.8) is 0 Å². The second-order valence-electron chi connectivity index (χ2n) is 11.8. The summed E-state index contributed by atoms with van der Waals surface area (Å²) in [5, 5.41) is 14.2. The molecule has 220 valence electrons. The number of carboxylic acid groups (broad SMARTS) is 1. The zero-order chi connectivity index (χ0) is 29.5. The molecule has 0 unspecified atom stereocenters. The third-order valence-electron chi connectivity index (χ3n) is 7.59. The highest BCUT2D eigenvalue weighted by Gasteiger charge is 2.50. The molecule has 12 nitrogen and oxygen atoms in total. The minimum Gasteiger partial charge on any atom is -0.480 e. The van der Waals surface area contributed by atoms with Crippen LogP contribution in [0.4, 0.5) is 10.5 Å². The van der Waals surface area contributed by atoms with Crippen molar-refractivity contribution in [2.24, 2.45) is 7.05 Å². The molecule has 0 aromatic carbocycles. The number of nitrogens with zero attached hydrogens (tertiary/aromatic N) is 5. The lowest BCUT2D eigenvalue weighted by Gasteiger charge is -2.53. The van der Waals surface area contributed by atoms with E-state index in [-0.39, 0.29) is 19.0 Å². The highest BCUT2D eigenvalue weighted by molar-refractivity contribution is 5.81. The summed E-state index contributed by atoms with van der Waals surface area (Å²) in [6.45, 7) is 11.4. The number of hydrogen-bond donors (Lipinski definition) is 1. The van der Waals surface area contributed by atoms with Crippen LogP contribution in [0.1, 0.15) is 50.9 Å². The van der Waals surface area contributed by atoms with Gasteiger partial charge in [0, 0.05) is 38.0 Å². The lowest BCUT2D eigenvalue weighted by Crippen LogP contribution is -2.68. The number of aryl methyl sites for hydroxylation is 2. The maximum Gasteiger partial charge on any atom is 0.411 e. The van der Waals surface area contributed by atoms with E-state index in [1.165, 1.54) is 4.90 Å². The Bertz CT molecular complexity index is 1380. The summed E-state index contributed by atoms with van der Waals surface area (Å²) in [4.78, 5) is 32.9. The number of likely N-dealkylation sites (tertiary alicyclic amines) is 1. The molecule has 0 aliphatic carbocycles. The van der Waals surface area contributed by atoms with E-state index >= 15 is 0 Å². The van der Waals surface area contributed by atoms with E-state index in [0.29, 0.717) is 37.8 Å². The smallest absolute Gasteiger partial charge is 0.411 e. The van der Waals surface area contributed by atoms with Gasteiger partial charge >= 0.3 is 12.1 Å². The zero-order valence-corrected chi connectivity index (χ0v) is 24.3. The Labute approximate surface area is 239 Å². The van der Waals surface area contributed by atoms with Crippen LogP contribution in [0.2, 0.25) is 0 Å². The van der Waals surface area contributed by atoms with Gasteiger partial charge in [-0.25, -0.2) is 14.6 Å². The molecular formula is C29H37N5O7. The molecule has 3 atom stereocenters. The Morgan fingerprint density at radius 3 is 2.61 bits per heavy atom. The maximum atomic E-state index is 12.8. The first kappa shape index (κ1) is 28.7. The molecule has 5 rings (SSSR count). The van der Waals surface area contributed by atoms with Crippen LogP contribution < -0.4 is 9.64 Å². The van der Waals surface area contributed by atoms with Crippen molar-refractivity contribution in [2.75, 3.05) is 37.8 Å². The second-order valence-corrected chi connectivity index (χ2v) is 11.8. The van der Waals surface area contributed by atoms with Crippen molar-refractivity contribution in [3.05, 3.63) is 35.3 Å². The number of aromatic nitrogens is 3. The van der Waals surface area contributed by atoms with Crippen molar-refractivity contribution in [1.82, 2.24) is 19.7 Å². The first-order chi connectivity index (χ1) is 19.3. The molecule has 41 heavy (non-hydrogen) atoms. The van der Waals surface area contributed by atoms with Gasteiger partial charge in [-0.2, -0.15) is 5.10 Å². The molecule has 3 aliphatic rings. The summed E-state index contributed by atoms with van der Waals surface area (Å²) in [5.74, 6) is 5.60. The number of hydrogen-bond acceptors (Lipinski definition) is 9. The van der Waals surface area contributed by atoms with E-state index in [0.717, 1.165) is 16.9 Å². The Morgan fingerprint density at radius 2 is 2.00 bits per heavy atom. The fourth-order valence-corrected chi connectivity index (χ4v) is 5.37. The van der Waals surface area contributed by atoms with Crippen LogP contribution in [0.3, 0.4) is 0 Å². The Kier molecular flexibility index (Phi) is 7.61. The molecule has 1 amide bonds. The third-order valence-corrected chi connectivity index (χ3v) is 7.59. The molecule has 3 saturated heterocycles. The third kappa shape index (κ3) is 5.96. The number of rotatable bonds is 4. The molecule has 1 N–H and O–H groups in total. The van der Waals surface area contributed by atoms with Crippen LogP contribution in [0, 0.1) is 18.8 Å². The van der Waals surface area contributed by atoms with Gasteiger partial charge in [0.1, 0.15) is 29.0 Å². The summed E-state index contributed by atoms with van der Waals surface area (Å²) < 4.78 is 25.2. The van der Waals surface area contributed by atoms with Crippen LogP contribution in [0.15, 0.2) is 18.5 Å². The van der Waals surface area contributed by atoms with E-state index in [1.54, 1.807) is 31.6 Å². The number of carbonyl (C=O) groups is 2. The van der Waals surface area contributed by atoms with Gasteiger partial charge in [-0.3, -0.25) is 9.58 Å². The number of ether oxygens (including phenoxy) is 4. The van der Waals surface area contributed by atoms with Crippen LogP contribution in [-0.4, -0.2) is 99.1 Å².